The van der Waals surface area contributed by atoms with Crippen LogP contribution in [0.25, 0.3) is 22.0 Å². The first kappa shape index (κ1) is 12.9. The minimum atomic E-state index is -0.371. The summed E-state index contributed by atoms with van der Waals surface area (Å²) in [5.41, 5.74) is 7.83. The Hall–Kier alpha value is -2.11. The van der Waals surface area contributed by atoms with Crippen LogP contribution >= 0.6 is 11.3 Å². The quantitative estimate of drug-likeness (QED) is 0.801. The van der Waals surface area contributed by atoms with E-state index in [0.29, 0.717) is 11.6 Å². The van der Waals surface area contributed by atoms with Gasteiger partial charge in [-0.15, -0.1) is 11.3 Å². The molecule has 5 heteroatoms. The van der Waals surface area contributed by atoms with Gasteiger partial charge in [-0.25, -0.2) is 9.37 Å². The van der Waals surface area contributed by atoms with Crippen molar-refractivity contribution in [1.82, 2.24) is 9.97 Å². The number of nitrogens with zero attached hydrogens (tertiary/aromatic N) is 2. The van der Waals surface area contributed by atoms with Crippen LogP contribution in [-0.4, -0.2) is 9.97 Å². The SMILES string of the molecule is NCc1sc(-c2ncccc2F)nc1-c1ccccc1. The molecule has 0 atom stereocenters. The molecule has 0 aliphatic carbocycles. The predicted molar refractivity (Wildman–Crippen MR) is 78.6 cm³/mol. The molecular weight excluding hydrogens is 273 g/mol. The molecule has 0 aliphatic rings. The lowest BCUT2D eigenvalue weighted by molar-refractivity contribution is 0.625. The van der Waals surface area contributed by atoms with Crippen LogP contribution in [0, 0.1) is 5.82 Å². The molecule has 0 saturated carbocycles. The van der Waals surface area contributed by atoms with E-state index in [-0.39, 0.29) is 11.5 Å². The lowest BCUT2D eigenvalue weighted by Crippen LogP contribution is -1.95. The van der Waals surface area contributed by atoms with Gasteiger partial charge in [0.05, 0.1) is 5.69 Å². The van der Waals surface area contributed by atoms with Gasteiger partial charge in [-0.1, -0.05) is 30.3 Å². The summed E-state index contributed by atoms with van der Waals surface area (Å²) in [7, 11) is 0. The number of halogens is 1. The van der Waals surface area contributed by atoms with E-state index in [4.69, 9.17) is 5.73 Å². The minimum absolute atomic E-state index is 0.273. The van der Waals surface area contributed by atoms with Gasteiger partial charge in [0.1, 0.15) is 10.7 Å². The van der Waals surface area contributed by atoms with Crippen LogP contribution in [-0.2, 0) is 6.54 Å². The van der Waals surface area contributed by atoms with Gasteiger partial charge >= 0.3 is 0 Å². The van der Waals surface area contributed by atoms with Crippen molar-refractivity contribution < 1.29 is 4.39 Å². The van der Waals surface area contributed by atoms with Gasteiger partial charge in [-0.05, 0) is 12.1 Å². The smallest absolute Gasteiger partial charge is 0.151 e. The highest BCUT2D eigenvalue weighted by molar-refractivity contribution is 7.15. The summed E-state index contributed by atoms with van der Waals surface area (Å²) in [5, 5.41) is 0.558. The molecule has 2 aromatic heterocycles. The third-order valence-corrected chi connectivity index (χ3v) is 3.98. The highest BCUT2D eigenvalue weighted by Gasteiger charge is 2.16. The Kier molecular flexibility index (Phi) is 3.54. The molecule has 3 rings (SSSR count). The number of rotatable bonds is 3. The fourth-order valence-electron chi connectivity index (χ4n) is 1.96. The first-order chi connectivity index (χ1) is 9.79. The van der Waals surface area contributed by atoms with Crippen LogP contribution in [0.15, 0.2) is 48.7 Å². The maximum atomic E-state index is 13.8. The van der Waals surface area contributed by atoms with Crippen molar-refractivity contribution in [1.29, 1.82) is 0 Å². The Labute approximate surface area is 119 Å². The summed E-state index contributed by atoms with van der Waals surface area (Å²) in [6.07, 6.45) is 1.56. The molecule has 0 radical (unpaired) electrons. The van der Waals surface area contributed by atoms with Crippen molar-refractivity contribution in [2.75, 3.05) is 0 Å². The lowest BCUT2D eigenvalue weighted by Gasteiger charge is -1.98. The first-order valence-electron chi connectivity index (χ1n) is 6.15. The van der Waals surface area contributed by atoms with E-state index in [1.807, 2.05) is 30.3 Å². The van der Waals surface area contributed by atoms with Crippen LogP contribution in [0.1, 0.15) is 4.88 Å². The predicted octanol–water partition coefficient (Wildman–Crippen LogP) is 3.47. The van der Waals surface area contributed by atoms with Crippen molar-refractivity contribution in [3.05, 3.63) is 59.4 Å². The summed E-state index contributed by atoms with van der Waals surface area (Å²) < 4.78 is 13.8. The highest BCUT2D eigenvalue weighted by Crippen LogP contribution is 2.33. The topological polar surface area (TPSA) is 51.8 Å². The molecule has 2 N–H and O–H groups in total. The zero-order valence-electron chi connectivity index (χ0n) is 10.6. The third-order valence-electron chi connectivity index (χ3n) is 2.89. The zero-order valence-corrected chi connectivity index (χ0v) is 11.4. The Bertz CT molecular complexity index is 725. The number of thiazole rings is 1. The molecular formula is C15H12FN3S. The molecule has 100 valence electrons. The molecule has 0 amide bonds. The van der Waals surface area contributed by atoms with E-state index < -0.39 is 0 Å². The molecule has 20 heavy (non-hydrogen) atoms. The normalized spacial score (nSPS) is 10.7. The number of pyridine rings is 1. The van der Waals surface area contributed by atoms with Crippen molar-refractivity contribution in [3.8, 4) is 22.0 Å². The average Bonchev–Trinajstić information content (AvgIpc) is 2.92. The summed E-state index contributed by atoms with van der Waals surface area (Å²) in [6, 6.07) is 12.7. The number of hydrogen-bond donors (Lipinski definition) is 1. The van der Waals surface area contributed by atoms with Crippen molar-refractivity contribution >= 4 is 11.3 Å². The zero-order chi connectivity index (χ0) is 13.9. The third kappa shape index (κ3) is 2.33. The second-order valence-corrected chi connectivity index (χ2v) is 5.28. The number of benzene rings is 1. The summed E-state index contributed by atoms with van der Waals surface area (Å²) in [6.45, 7) is 0.371. The van der Waals surface area contributed by atoms with Gasteiger partial charge in [0.15, 0.2) is 5.82 Å². The first-order valence-corrected chi connectivity index (χ1v) is 6.97. The fraction of sp³-hybridized carbons (Fsp3) is 0.0667. The van der Waals surface area contributed by atoms with Gasteiger partial charge in [-0.2, -0.15) is 0 Å². The standard InChI is InChI=1S/C15H12FN3S/c16-11-7-4-8-18-14(11)15-19-13(12(9-17)20-15)10-5-2-1-3-6-10/h1-8H,9,17H2. The Morgan fingerprint density at radius 1 is 1.05 bits per heavy atom. The van der Waals surface area contributed by atoms with Crippen LogP contribution < -0.4 is 5.73 Å². The van der Waals surface area contributed by atoms with E-state index in [0.717, 1.165) is 16.1 Å². The second kappa shape index (κ2) is 5.48. The van der Waals surface area contributed by atoms with E-state index in [1.165, 1.54) is 17.4 Å². The number of nitrogens with two attached hydrogens (primary N) is 1. The molecule has 1 aromatic carbocycles. The van der Waals surface area contributed by atoms with E-state index in [9.17, 15) is 4.39 Å². The maximum Gasteiger partial charge on any atom is 0.151 e. The second-order valence-electron chi connectivity index (χ2n) is 4.19. The number of hydrogen-bond acceptors (Lipinski definition) is 4. The molecule has 2 heterocycles. The minimum Gasteiger partial charge on any atom is -0.326 e. The number of aromatic nitrogens is 2. The maximum absolute atomic E-state index is 13.8. The van der Waals surface area contributed by atoms with Gasteiger partial charge in [0.2, 0.25) is 0 Å². The highest BCUT2D eigenvalue weighted by atomic mass is 32.1. The van der Waals surface area contributed by atoms with Crippen LogP contribution in [0.3, 0.4) is 0 Å². The summed E-state index contributed by atoms with van der Waals surface area (Å²) in [5.74, 6) is -0.371. The van der Waals surface area contributed by atoms with Crippen molar-refractivity contribution in [2.24, 2.45) is 5.73 Å². The van der Waals surface area contributed by atoms with Crippen molar-refractivity contribution in [2.45, 2.75) is 6.54 Å². The summed E-state index contributed by atoms with van der Waals surface area (Å²) in [4.78, 5) is 9.51. The van der Waals surface area contributed by atoms with Crippen molar-refractivity contribution in [3.63, 3.8) is 0 Å². The van der Waals surface area contributed by atoms with E-state index in [2.05, 4.69) is 9.97 Å². The molecule has 0 bridgehead atoms. The van der Waals surface area contributed by atoms with Gasteiger partial charge in [0, 0.05) is 23.2 Å². The van der Waals surface area contributed by atoms with Gasteiger partial charge in [0.25, 0.3) is 0 Å². The average molecular weight is 285 g/mol. The fourth-order valence-corrected chi connectivity index (χ4v) is 2.92. The molecule has 0 saturated heterocycles. The molecule has 0 spiro atoms. The van der Waals surface area contributed by atoms with E-state index >= 15 is 0 Å². The van der Waals surface area contributed by atoms with Crippen LogP contribution in [0.4, 0.5) is 4.39 Å². The van der Waals surface area contributed by atoms with Gasteiger partial charge < -0.3 is 5.73 Å². The van der Waals surface area contributed by atoms with Crippen LogP contribution in [0.5, 0.6) is 0 Å². The molecule has 0 aliphatic heterocycles. The molecule has 3 aromatic rings. The lowest BCUT2D eigenvalue weighted by atomic mass is 10.1. The Morgan fingerprint density at radius 3 is 2.55 bits per heavy atom. The monoisotopic (exact) mass is 285 g/mol. The Morgan fingerprint density at radius 2 is 1.85 bits per heavy atom. The molecule has 0 fully saturated rings. The largest absolute Gasteiger partial charge is 0.326 e. The van der Waals surface area contributed by atoms with Crippen LogP contribution in [0.2, 0.25) is 0 Å². The van der Waals surface area contributed by atoms with Gasteiger partial charge in [-0.3, -0.25) is 4.98 Å². The molecule has 3 nitrogen and oxygen atoms in total. The molecule has 0 unspecified atom stereocenters. The summed E-state index contributed by atoms with van der Waals surface area (Å²) >= 11 is 1.38. The van der Waals surface area contributed by atoms with E-state index in [1.54, 1.807) is 12.3 Å². The Balaban J connectivity index is 2.13.